The number of hydrogen-bond donors (Lipinski definition) is 1. The van der Waals surface area contributed by atoms with Crippen molar-refractivity contribution in [1.82, 2.24) is 0 Å². The summed E-state index contributed by atoms with van der Waals surface area (Å²) in [5.74, 6) is -1.30. The molecule has 1 aliphatic heterocycles. The zero-order valence-corrected chi connectivity index (χ0v) is 17.9. The van der Waals surface area contributed by atoms with E-state index in [-0.39, 0.29) is 29.5 Å². The molecule has 6 heteroatoms. The minimum atomic E-state index is -1.03. The highest BCUT2D eigenvalue weighted by Crippen LogP contribution is 2.42. The first-order valence-corrected chi connectivity index (χ1v) is 10.5. The Kier molecular flexibility index (Phi) is 5.77. The van der Waals surface area contributed by atoms with Crippen molar-refractivity contribution in [3.05, 3.63) is 95.6 Å². The Morgan fingerprint density at radius 2 is 1.47 bits per heavy atom. The number of rotatable bonds is 4. The SMILES string of the molecule is CC(=O)N(c1ccccc1)[C@H]1C[C@@H](C)N(C(=O)c2ccc(C(=O)O)cc2)c2ccccc21. The standard InChI is InChI=1S/C26H24N2O4/c1-17-16-24(28(18(2)29)21-8-4-3-5-9-21)22-10-6-7-11-23(22)27(17)25(30)19-12-14-20(15-13-19)26(31)32/h3-15,17,24H,16H2,1-2H3,(H,31,32)/t17-,24+/m1/s1. The third-order valence-electron chi connectivity index (χ3n) is 5.84. The normalized spacial score (nSPS) is 17.4. The van der Waals surface area contributed by atoms with Gasteiger partial charge in [0.15, 0.2) is 0 Å². The number of hydrogen-bond acceptors (Lipinski definition) is 3. The van der Waals surface area contributed by atoms with Crippen LogP contribution >= 0.6 is 0 Å². The summed E-state index contributed by atoms with van der Waals surface area (Å²) in [6, 6.07) is 22.8. The van der Waals surface area contributed by atoms with Crippen molar-refractivity contribution in [2.75, 3.05) is 9.80 Å². The number of nitrogens with zero attached hydrogens (tertiary/aromatic N) is 2. The summed E-state index contributed by atoms with van der Waals surface area (Å²) in [5, 5.41) is 9.13. The van der Waals surface area contributed by atoms with Crippen LogP contribution in [-0.4, -0.2) is 28.9 Å². The molecule has 4 rings (SSSR count). The van der Waals surface area contributed by atoms with Gasteiger partial charge in [-0.25, -0.2) is 4.79 Å². The molecular weight excluding hydrogens is 404 g/mol. The zero-order valence-electron chi connectivity index (χ0n) is 17.9. The average molecular weight is 428 g/mol. The van der Waals surface area contributed by atoms with E-state index in [0.29, 0.717) is 12.0 Å². The van der Waals surface area contributed by atoms with E-state index in [1.54, 1.807) is 28.9 Å². The van der Waals surface area contributed by atoms with Crippen LogP contribution in [0.1, 0.15) is 52.6 Å². The number of carbonyl (C=O) groups excluding carboxylic acids is 2. The molecule has 0 bridgehead atoms. The molecule has 2 atom stereocenters. The number of amides is 2. The lowest BCUT2D eigenvalue weighted by Gasteiger charge is -2.43. The third kappa shape index (κ3) is 3.87. The van der Waals surface area contributed by atoms with Crippen molar-refractivity contribution < 1.29 is 19.5 Å². The van der Waals surface area contributed by atoms with Gasteiger partial charge in [-0.05, 0) is 61.4 Å². The predicted molar refractivity (Wildman–Crippen MR) is 123 cm³/mol. The lowest BCUT2D eigenvalue weighted by molar-refractivity contribution is -0.117. The molecule has 32 heavy (non-hydrogen) atoms. The van der Waals surface area contributed by atoms with E-state index < -0.39 is 5.97 Å². The van der Waals surface area contributed by atoms with Crippen LogP contribution in [0.3, 0.4) is 0 Å². The van der Waals surface area contributed by atoms with E-state index in [2.05, 4.69) is 0 Å². The highest BCUT2D eigenvalue weighted by molar-refractivity contribution is 6.08. The molecule has 0 unspecified atom stereocenters. The molecule has 0 aromatic heterocycles. The molecule has 0 aliphatic carbocycles. The van der Waals surface area contributed by atoms with E-state index in [0.717, 1.165) is 16.9 Å². The molecule has 2 amide bonds. The first-order valence-electron chi connectivity index (χ1n) is 10.5. The number of anilines is 2. The van der Waals surface area contributed by atoms with Crippen LogP contribution in [0.5, 0.6) is 0 Å². The van der Waals surface area contributed by atoms with Gasteiger partial charge in [-0.15, -0.1) is 0 Å². The Balaban J connectivity index is 1.74. The number of carboxylic acid groups (broad SMARTS) is 1. The minimum absolute atomic E-state index is 0.0627. The molecule has 1 N–H and O–H groups in total. The molecule has 1 heterocycles. The third-order valence-corrected chi connectivity index (χ3v) is 5.84. The van der Waals surface area contributed by atoms with Crippen molar-refractivity contribution in [1.29, 1.82) is 0 Å². The van der Waals surface area contributed by atoms with Crippen LogP contribution in [0.4, 0.5) is 11.4 Å². The van der Waals surface area contributed by atoms with E-state index in [1.807, 2.05) is 61.5 Å². The van der Waals surface area contributed by atoms with E-state index in [4.69, 9.17) is 5.11 Å². The number of aromatic carboxylic acids is 1. The molecule has 0 fully saturated rings. The van der Waals surface area contributed by atoms with Crippen LogP contribution in [0.15, 0.2) is 78.9 Å². The van der Waals surface area contributed by atoms with E-state index >= 15 is 0 Å². The molecule has 1 aliphatic rings. The number of carboxylic acids is 1. The number of fused-ring (bicyclic) bond motifs is 1. The second-order valence-corrected chi connectivity index (χ2v) is 7.94. The van der Waals surface area contributed by atoms with Gasteiger partial charge in [0.05, 0.1) is 11.6 Å². The smallest absolute Gasteiger partial charge is 0.335 e. The van der Waals surface area contributed by atoms with Crippen molar-refractivity contribution in [2.45, 2.75) is 32.4 Å². The summed E-state index contributed by atoms with van der Waals surface area (Å²) in [4.78, 5) is 40.8. The van der Waals surface area contributed by atoms with Crippen LogP contribution in [0.25, 0.3) is 0 Å². The van der Waals surface area contributed by atoms with Crippen molar-refractivity contribution in [3.8, 4) is 0 Å². The molecule has 0 radical (unpaired) electrons. The quantitative estimate of drug-likeness (QED) is 0.640. The maximum Gasteiger partial charge on any atom is 0.335 e. The first kappa shape index (κ1) is 21.3. The number of benzene rings is 3. The lowest BCUT2D eigenvalue weighted by Crippen LogP contribution is -2.47. The molecule has 6 nitrogen and oxygen atoms in total. The topological polar surface area (TPSA) is 77.9 Å². The monoisotopic (exact) mass is 428 g/mol. The van der Waals surface area contributed by atoms with E-state index in [1.165, 1.54) is 12.1 Å². The molecule has 0 spiro atoms. The lowest BCUT2D eigenvalue weighted by atomic mass is 9.89. The molecule has 3 aromatic carbocycles. The maximum absolute atomic E-state index is 13.4. The van der Waals surface area contributed by atoms with Gasteiger partial charge in [0.25, 0.3) is 5.91 Å². The predicted octanol–water partition coefficient (Wildman–Crippen LogP) is 4.92. The van der Waals surface area contributed by atoms with Crippen molar-refractivity contribution >= 4 is 29.2 Å². The Hall–Kier alpha value is -3.93. The van der Waals surface area contributed by atoms with Gasteiger partial charge in [0.2, 0.25) is 5.91 Å². The fraction of sp³-hybridized carbons (Fsp3) is 0.192. The van der Waals surface area contributed by atoms with Crippen LogP contribution < -0.4 is 9.80 Å². The summed E-state index contributed by atoms with van der Waals surface area (Å²) in [6.07, 6.45) is 0.574. The Morgan fingerprint density at radius 1 is 0.875 bits per heavy atom. The number of carbonyl (C=O) groups is 3. The van der Waals surface area contributed by atoms with Crippen LogP contribution in [0.2, 0.25) is 0 Å². The molecule has 3 aromatic rings. The largest absolute Gasteiger partial charge is 0.478 e. The Bertz CT molecular complexity index is 1160. The summed E-state index contributed by atoms with van der Waals surface area (Å²) in [5.41, 5.74) is 3.03. The summed E-state index contributed by atoms with van der Waals surface area (Å²) in [7, 11) is 0. The van der Waals surface area contributed by atoms with Gasteiger partial charge in [0.1, 0.15) is 0 Å². The Morgan fingerprint density at radius 3 is 2.09 bits per heavy atom. The molecule has 0 saturated carbocycles. The van der Waals surface area contributed by atoms with Gasteiger partial charge in [-0.2, -0.15) is 0 Å². The highest BCUT2D eigenvalue weighted by Gasteiger charge is 2.38. The second-order valence-electron chi connectivity index (χ2n) is 7.94. The summed E-state index contributed by atoms with van der Waals surface area (Å²) >= 11 is 0. The van der Waals surface area contributed by atoms with Crippen LogP contribution in [-0.2, 0) is 4.79 Å². The van der Waals surface area contributed by atoms with Gasteiger partial charge in [-0.3, -0.25) is 9.59 Å². The van der Waals surface area contributed by atoms with Crippen molar-refractivity contribution in [3.63, 3.8) is 0 Å². The first-order chi connectivity index (χ1) is 15.4. The Labute approximate surface area is 186 Å². The van der Waals surface area contributed by atoms with Crippen LogP contribution in [0, 0.1) is 0 Å². The zero-order chi connectivity index (χ0) is 22.8. The fourth-order valence-electron chi connectivity index (χ4n) is 4.40. The van der Waals surface area contributed by atoms with Gasteiger partial charge in [0, 0.05) is 29.9 Å². The molecule has 0 saturated heterocycles. The van der Waals surface area contributed by atoms with Crippen molar-refractivity contribution in [2.24, 2.45) is 0 Å². The van der Waals surface area contributed by atoms with Gasteiger partial charge < -0.3 is 14.9 Å². The molecular formula is C26H24N2O4. The summed E-state index contributed by atoms with van der Waals surface area (Å²) in [6.45, 7) is 3.53. The van der Waals surface area contributed by atoms with E-state index in [9.17, 15) is 14.4 Å². The highest BCUT2D eigenvalue weighted by atomic mass is 16.4. The minimum Gasteiger partial charge on any atom is -0.478 e. The average Bonchev–Trinajstić information content (AvgIpc) is 2.79. The maximum atomic E-state index is 13.4. The summed E-state index contributed by atoms with van der Waals surface area (Å²) < 4.78 is 0. The fourth-order valence-corrected chi connectivity index (χ4v) is 4.40. The molecule has 162 valence electrons. The number of para-hydroxylation sites is 2. The second kappa shape index (κ2) is 8.67. The van der Waals surface area contributed by atoms with Gasteiger partial charge in [-0.1, -0.05) is 36.4 Å². The van der Waals surface area contributed by atoms with Gasteiger partial charge >= 0.3 is 5.97 Å².